The van der Waals surface area contributed by atoms with Crippen molar-refractivity contribution in [2.75, 3.05) is 6.54 Å². The standard InChI is InChI=1S/C9H17N/c1-9(6-3-7-10-9)8-4-2-5-8/h8,10H,2-7H2,1H3. The van der Waals surface area contributed by atoms with Gasteiger partial charge in [0.1, 0.15) is 0 Å². The van der Waals surface area contributed by atoms with Crippen molar-refractivity contribution in [2.24, 2.45) is 5.92 Å². The monoisotopic (exact) mass is 139 g/mol. The average molecular weight is 139 g/mol. The maximum absolute atomic E-state index is 3.63. The Morgan fingerprint density at radius 2 is 2.10 bits per heavy atom. The molecule has 0 aromatic heterocycles. The van der Waals surface area contributed by atoms with E-state index in [1.54, 1.807) is 0 Å². The van der Waals surface area contributed by atoms with E-state index in [1.165, 1.54) is 38.6 Å². The first-order chi connectivity index (χ1) is 4.81. The van der Waals surface area contributed by atoms with Crippen molar-refractivity contribution in [2.45, 2.75) is 44.6 Å². The zero-order valence-corrected chi connectivity index (χ0v) is 6.82. The van der Waals surface area contributed by atoms with Gasteiger partial charge in [0, 0.05) is 5.54 Å². The predicted octanol–water partition coefficient (Wildman–Crippen LogP) is 1.93. The first-order valence-corrected chi connectivity index (χ1v) is 4.56. The van der Waals surface area contributed by atoms with Crippen molar-refractivity contribution >= 4 is 0 Å². The van der Waals surface area contributed by atoms with Crippen LogP contribution < -0.4 is 5.32 Å². The van der Waals surface area contributed by atoms with Crippen LogP contribution in [0.1, 0.15) is 39.0 Å². The van der Waals surface area contributed by atoms with Crippen molar-refractivity contribution in [1.29, 1.82) is 0 Å². The summed E-state index contributed by atoms with van der Waals surface area (Å²) in [5.74, 6) is 1.01. The summed E-state index contributed by atoms with van der Waals surface area (Å²) in [5.41, 5.74) is 0.540. The second kappa shape index (κ2) is 2.23. The van der Waals surface area contributed by atoms with Gasteiger partial charge in [0.25, 0.3) is 0 Å². The fraction of sp³-hybridized carbons (Fsp3) is 1.00. The van der Waals surface area contributed by atoms with E-state index in [2.05, 4.69) is 12.2 Å². The SMILES string of the molecule is CC1(C2CCC2)CCCN1. The molecule has 1 heterocycles. The highest BCUT2D eigenvalue weighted by Gasteiger charge is 2.39. The van der Waals surface area contributed by atoms with Gasteiger partial charge < -0.3 is 5.32 Å². The van der Waals surface area contributed by atoms with E-state index in [1.807, 2.05) is 0 Å². The number of hydrogen-bond acceptors (Lipinski definition) is 1. The second-order valence-electron chi connectivity index (χ2n) is 4.08. The molecule has 1 saturated carbocycles. The fourth-order valence-electron chi connectivity index (χ4n) is 2.31. The molecule has 0 aromatic rings. The zero-order chi connectivity index (χ0) is 7.03. The summed E-state index contributed by atoms with van der Waals surface area (Å²) >= 11 is 0. The molecule has 1 aliphatic heterocycles. The molecule has 2 rings (SSSR count). The highest BCUT2D eigenvalue weighted by Crippen LogP contribution is 2.40. The molecule has 0 radical (unpaired) electrons. The molecule has 1 nitrogen and oxygen atoms in total. The van der Waals surface area contributed by atoms with Gasteiger partial charge in [0.2, 0.25) is 0 Å². The molecule has 1 aliphatic carbocycles. The van der Waals surface area contributed by atoms with Gasteiger partial charge >= 0.3 is 0 Å². The summed E-state index contributed by atoms with van der Waals surface area (Å²) in [5, 5.41) is 3.63. The van der Waals surface area contributed by atoms with Crippen LogP contribution in [-0.4, -0.2) is 12.1 Å². The molecule has 1 unspecified atom stereocenters. The lowest BCUT2D eigenvalue weighted by atomic mass is 9.71. The number of nitrogens with one attached hydrogen (secondary N) is 1. The van der Waals surface area contributed by atoms with Crippen molar-refractivity contribution < 1.29 is 0 Å². The van der Waals surface area contributed by atoms with Crippen LogP contribution in [0.15, 0.2) is 0 Å². The number of rotatable bonds is 1. The maximum atomic E-state index is 3.63. The Morgan fingerprint density at radius 1 is 1.30 bits per heavy atom. The van der Waals surface area contributed by atoms with Crippen LogP contribution in [0.4, 0.5) is 0 Å². The maximum Gasteiger partial charge on any atom is 0.0181 e. The minimum absolute atomic E-state index is 0.540. The van der Waals surface area contributed by atoms with Gasteiger partial charge in [0.15, 0.2) is 0 Å². The molecule has 0 amide bonds. The molecule has 0 aromatic carbocycles. The first kappa shape index (κ1) is 6.66. The first-order valence-electron chi connectivity index (χ1n) is 4.56. The Balaban J connectivity index is 1.98. The van der Waals surface area contributed by atoms with Gasteiger partial charge in [-0.05, 0) is 45.1 Å². The van der Waals surface area contributed by atoms with Gasteiger partial charge in [-0.3, -0.25) is 0 Å². The lowest BCUT2D eigenvalue weighted by molar-refractivity contribution is 0.162. The van der Waals surface area contributed by atoms with Gasteiger partial charge in [-0.15, -0.1) is 0 Å². The van der Waals surface area contributed by atoms with Crippen LogP contribution in [0.3, 0.4) is 0 Å². The van der Waals surface area contributed by atoms with Gasteiger partial charge in [-0.25, -0.2) is 0 Å². The van der Waals surface area contributed by atoms with Crippen molar-refractivity contribution in [1.82, 2.24) is 5.32 Å². The summed E-state index contributed by atoms with van der Waals surface area (Å²) in [6, 6.07) is 0. The average Bonchev–Trinajstić information content (AvgIpc) is 2.09. The molecule has 0 spiro atoms. The van der Waals surface area contributed by atoms with Gasteiger partial charge in [-0.1, -0.05) is 6.42 Å². The highest BCUT2D eigenvalue weighted by molar-refractivity contribution is 4.97. The molecule has 0 bridgehead atoms. The molecular weight excluding hydrogens is 122 g/mol. The predicted molar refractivity (Wildman–Crippen MR) is 43.0 cm³/mol. The van der Waals surface area contributed by atoms with Crippen LogP contribution >= 0.6 is 0 Å². The van der Waals surface area contributed by atoms with Crippen LogP contribution in [0.5, 0.6) is 0 Å². The Morgan fingerprint density at radius 3 is 2.50 bits per heavy atom. The summed E-state index contributed by atoms with van der Waals surface area (Å²) < 4.78 is 0. The van der Waals surface area contributed by atoms with E-state index >= 15 is 0 Å². The number of hydrogen-bond donors (Lipinski definition) is 1. The van der Waals surface area contributed by atoms with E-state index in [-0.39, 0.29) is 0 Å². The normalized spacial score (nSPS) is 41.7. The minimum Gasteiger partial charge on any atom is -0.311 e. The lowest BCUT2D eigenvalue weighted by Gasteiger charge is -2.40. The lowest BCUT2D eigenvalue weighted by Crippen LogP contribution is -2.46. The molecule has 1 atom stereocenters. The van der Waals surface area contributed by atoms with E-state index in [9.17, 15) is 0 Å². The summed E-state index contributed by atoms with van der Waals surface area (Å²) in [6.45, 7) is 3.66. The van der Waals surface area contributed by atoms with Crippen molar-refractivity contribution in [3.05, 3.63) is 0 Å². The third kappa shape index (κ3) is 0.878. The third-order valence-electron chi connectivity index (χ3n) is 3.41. The minimum atomic E-state index is 0.540. The Labute approximate surface area is 63.2 Å². The second-order valence-corrected chi connectivity index (χ2v) is 4.08. The molecule has 58 valence electrons. The molecule has 1 saturated heterocycles. The fourth-order valence-corrected chi connectivity index (χ4v) is 2.31. The molecule has 1 N–H and O–H groups in total. The van der Waals surface area contributed by atoms with Crippen molar-refractivity contribution in [3.63, 3.8) is 0 Å². The van der Waals surface area contributed by atoms with Crippen LogP contribution in [0.25, 0.3) is 0 Å². The van der Waals surface area contributed by atoms with Crippen molar-refractivity contribution in [3.8, 4) is 0 Å². The quantitative estimate of drug-likeness (QED) is 0.585. The van der Waals surface area contributed by atoms with Gasteiger partial charge in [-0.2, -0.15) is 0 Å². The van der Waals surface area contributed by atoms with E-state index in [0.29, 0.717) is 5.54 Å². The summed E-state index contributed by atoms with van der Waals surface area (Å²) in [7, 11) is 0. The third-order valence-corrected chi connectivity index (χ3v) is 3.41. The molecular formula is C9H17N. The van der Waals surface area contributed by atoms with Crippen LogP contribution in [0.2, 0.25) is 0 Å². The topological polar surface area (TPSA) is 12.0 Å². The van der Waals surface area contributed by atoms with E-state index in [4.69, 9.17) is 0 Å². The van der Waals surface area contributed by atoms with E-state index in [0.717, 1.165) is 5.92 Å². The largest absolute Gasteiger partial charge is 0.311 e. The molecule has 2 fully saturated rings. The van der Waals surface area contributed by atoms with Crippen LogP contribution in [-0.2, 0) is 0 Å². The van der Waals surface area contributed by atoms with E-state index < -0.39 is 0 Å². The molecule has 1 heteroatoms. The molecule has 2 aliphatic rings. The molecule has 10 heavy (non-hydrogen) atoms. The van der Waals surface area contributed by atoms with Gasteiger partial charge in [0.05, 0.1) is 0 Å². The van der Waals surface area contributed by atoms with Crippen LogP contribution in [0, 0.1) is 5.92 Å². The summed E-state index contributed by atoms with van der Waals surface area (Å²) in [6.07, 6.45) is 7.24. The highest BCUT2D eigenvalue weighted by atomic mass is 15.0. The Hall–Kier alpha value is -0.0400. The summed E-state index contributed by atoms with van der Waals surface area (Å²) in [4.78, 5) is 0. The zero-order valence-electron chi connectivity index (χ0n) is 6.82. The Bertz CT molecular complexity index is 121. The Kier molecular flexibility index (Phi) is 1.48. The smallest absolute Gasteiger partial charge is 0.0181 e.